The van der Waals surface area contributed by atoms with E-state index in [1.54, 1.807) is 18.2 Å². The predicted octanol–water partition coefficient (Wildman–Crippen LogP) is 1.45. The lowest BCUT2D eigenvalue weighted by Gasteiger charge is -2.28. The number of aliphatic hydroxyl groups is 1. The minimum atomic E-state index is -0.438. The smallest absolute Gasteiger partial charge is 0.251 e. The minimum absolute atomic E-state index is 0.147. The van der Waals surface area contributed by atoms with Crippen LogP contribution in [0, 0.1) is 0 Å². The summed E-state index contributed by atoms with van der Waals surface area (Å²) < 4.78 is 10.5. The van der Waals surface area contributed by atoms with Gasteiger partial charge in [0.15, 0.2) is 11.5 Å². The van der Waals surface area contributed by atoms with Gasteiger partial charge in [-0.05, 0) is 31.0 Å². The molecule has 0 unspecified atom stereocenters. The van der Waals surface area contributed by atoms with Crippen molar-refractivity contribution in [2.75, 3.05) is 6.79 Å². The van der Waals surface area contributed by atoms with Gasteiger partial charge in [-0.25, -0.2) is 0 Å². The van der Waals surface area contributed by atoms with E-state index in [0.29, 0.717) is 17.1 Å². The number of carbonyl (C=O) groups excluding carboxylic acids is 1. The van der Waals surface area contributed by atoms with Crippen molar-refractivity contribution in [1.82, 2.24) is 5.32 Å². The summed E-state index contributed by atoms with van der Waals surface area (Å²) >= 11 is 0. The Hall–Kier alpha value is -1.75. The van der Waals surface area contributed by atoms with Crippen molar-refractivity contribution >= 4 is 5.91 Å². The Balaban J connectivity index is 1.70. The molecule has 102 valence electrons. The number of amides is 1. The summed E-state index contributed by atoms with van der Waals surface area (Å²) in [5, 5.41) is 12.8. The van der Waals surface area contributed by atoms with Gasteiger partial charge in [0.2, 0.25) is 6.79 Å². The van der Waals surface area contributed by atoms with Gasteiger partial charge >= 0.3 is 0 Å². The minimum Gasteiger partial charge on any atom is -0.454 e. The largest absolute Gasteiger partial charge is 0.454 e. The monoisotopic (exact) mass is 263 g/mol. The lowest BCUT2D eigenvalue weighted by atomic mass is 9.92. The third-order valence-electron chi connectivity index (χ3n) is 3.68. The van der Waals surface area contributed by atoms with E-state index in [1.165, 1.54) is 0 Å². The summed E-state index contributed by atoms with van der Waals surface area (Å²) in [7, 11) is 0. The number of hydrogen-bond acceptors (Lipinski definition) is 4. The number of nitrogens with one attached hydrogen (secondary N) is 1. The van der Waals surface area contributed by atoms with E-state index in [1.807, 2.05) is 0 Å². The van der Waals surface area contributed by atoms with Gasteiger partial charge in [0.25, 0.3) is 5.91 Å². The van der Waals surface area contributed by atoms with E-state index >= 15 is 0 Å². The molecule has 1 fully saturated rings. The van der Waals surface area contributed by atoms with Gasteiger partial charge in [-0.1, -0.05) is 12.8 Å². The second kappa shape index (κ2) is 5.09. The molecule has 1 aliphatic carbocycles. The SMILES string of the molecule is O=C(N[C@@H]1CCCC[C@H]1O)c1ccc2c(c1)OCO2. The molecular weight excluding hydrogens is 246 g/mol. The number of fused-ring (bicyclic) bond motifs is 1. The molecule has 5 heteroatoms. The molecule has 0 saturated heterocycles. The molecule has 0 bridgehead atoms. The highest BCUT2D eigenvalue weighted by molar-refractivity contribution is 5.95. The summed E-state index contributed by atoms with van der Waals surface area (Å²) in [5.74, 6) is 1.08. The maximum absolute atomic E-state index is 12.1. The molecule has 2 atom stereocenters. The van der Waals surface area contributed by atoms with Crippen LogP contribution in [0.3, 0.4) is 0 Å². The van der Waals surface area contributed by atoms with Crippen molar-refractivity contribution < 1.29 is 19.4 Å². The Morgan fingerprint density at radius 1 is 1.21 bits per heavy atom. The van der Waals surface area contributed by atoms with Crippen LogP contribution in [0.15, 0.2) is 18.2 Å². The molecular formula is C14H17NO4. The second-order valence-electron chi connectivity index (χ2n) is 5.00. The Bertz CT molecular complexity index is 488. The van der Waals surface area contributed by atoms with Gasteiger partial charge in [-0.2, -0.15) is 0 Å². The maximum atomic E-state index is 12.1. The quantitative estimate of drug-likeness (QED) is 0.847. The number of benzene rings is 1. The summed E-state index contributed by atoms with van der Waals surface area (Å²) in [6, 6.07) is 4.96. The fraction of sp³-hybridized carbons (Fsp3) is 0.500. The Morgan fingerprint density at radius 2 is 2.00 bits per heavy atom. The summed E-state index contributed by atoms with van der Waals surface area (Å²) in [6.45, 7) is 0.196. The zero-order chi connectivity index (χ0) is 13.2. The van der Waals surface area contributed by atoms with E-state index in [2.05, 4.69) is 5.32 Å². The van der Waals surface area contributed by atoms with Gasteiger partial charge in [-0.15, -0.1) is 0 Å². The third kappa shape index (κ3) is 2.51. The summed E-state index contributed by atoms with van der Waals surface area (Å²) in [5.41, 5.74) is 0.530. The van der Waals surface area contributed by atoms with Crippen molar-refractivity contribution in [1.29, 1.82) is 0 Å². The van der Waals surface area contributed by atoms with Crippen molar-refractivity contribution in [3.05, 3.63) is 23.8 Å². The maximum Gasteiger partial charge on any atom is 0.251 e. The molecule has 1 aliphatic heterocycles. The number of aliphatic hydroxyl groups excluding tert-OH is 1. The van der Waals surface area contributed by atoms with Crippen LogP contribution < -0.4 is 14.8 Å². The highest BCUT2D eigenvalue weighted by Gasteiger charge is 2.25. The van der Waals surface area contributed by atoms with Crippen LogP contribution in [-0.4, -0.2) is 30.0 Å². The van der Waals surface area contributed by atoms with Crippen molar-refractivity contribution in [2.24, 2.45) is 0 Å². The zero-order valence-corrected chi connectivity index (χ0v) is 10.6. The Kier molecular flexibility index (Phi) is 3.29. The Labute approximate surface area is 111 Å². The van der Waals surface area contributed by atoms with Crippen molar-refractivity contribution in [3.63, 3.8) is 0 Å². The van der Waals surface area contributed by atoms with Crippen LogP contribution in [0.2, 0.25) is 0 Å². The molecule has 19 heavy (non-hydrogen) atoms. The number of ether oxygens (including phenoxy) is 2. The van der Waals surface area contributed by atoms with Gasteiger partial charge in [0.05, 0.1) is 12.1 Å². The fourth-order valence-electron chi connectivity index (χ4n) is 2.57. The van der Waals surface area contributed by atoms with Gasteiger partial charge in [0, 0.05) is 5.56 Å². The first kappa shape index (κ1) is 12.3. The molecule has 2 N–H and O–H groups in total. The number of carbonyl (C=O) groups is 1. The number of hydrogen-bond donors (Lipinski definition) is 2. The molecule has 0 radical (unpaired) electrons. The second-order valence-corrected chi connectivity index (χ2v) is 5.00. The first-order valence-corrected chi connectivity index (χ1v) is 6.62. The highest BCUT2D eigenvalue weighted by atomic mass is 16.7. The molecule has 1 heterocycles. The molecule has 3 rings (SSSR count). The van der Waals surface area contributed by atoms with E-state index < -0.39 is 6.10 Å². The first-order chi connectivity index (χ1) is 9.24. The lowest BCUT2D eigenvalue weighted by molar-refractivity contribution is 0.0717. The average molecular weight is 263 g/mol. The van der Waals surface area contributed by atoms with Crippen LogP contribution in [0.1, 0.15) is 36.0 Å². The molecule has 2 aliphatic rings. The third-order valence-corrected chi connectivity index (χ3v) is 3.68. The zero-order valence-electron chi connectivity index (χ0n) is 10.6. The van der Waals surface area contributed by atoms with Crippen LogP contribution in [0.25, 0.3) is 0 Å². The van der Waals surface area contributed by atoms with Crippen LogP contribution in [0.4, 0.5) is 0 Å². The van der Waals surface area contributed by atoms with E-state index in [-0.39, 0.29) is 18.7 Å². The highest BCUT2D eigenvalue weighted by Crippen LogP contribution is 2.32. The fourth-order valence-corrected chi connectivity index (χ4v) is 2.57. The molecule has 1 saturated carbocycles. The number of rotatable bonds is 2. The van der Waals surface area contributed by atoms with Gasteiger partial charge < -0.3 is 19.9 Å². The molecule has 0 aromatic heterocycles. The van der Waals surface area contributed by atoms with E-state index in [9.17, 15) is 9.90 Å². The molecule has 1 aromatic carbocycles. The topological polar surface area (TPSA) is 67.8 Å². The summed E-state index contributed by atoms with van der Waals surface area (Å²) in [6.07, 6.45) is 3.22. The van der Waals surface area contributed by atoms with E-state index in [0.717, 1.165) is 25.7 Å². The van der Waals surface area contributed by atoms with Crippen molar-refractivity contribution in [3.8, 4) is 11.5 Å². The van der Waals surface area contributed by atoms with Crippen LogP contribution in [0.5, 0.6) is 11.5 Å². The molecule has 5 nitrogen and oxygen atoms in total. The normalized spacial score (nSPS) is 25.1. The Morgan fingerprint density at radius 3 is 2.84 bits per heavy atom. The van der Waals surface area contributed by atoms with Crippen LogP contribution in [-0.2, 0) is 0 Å². The summed E-state index contributed by atoms with van der Waals surface area (Å²) in [4.78, 5) is 12.1. The average Bonchev–Trinajstić information content (AvgIpc) is 2.88. The van der Waals surface area contributed by atoms with E-state index in [4.69, 9.17) is 9.47 Å². The van der Waals surface area contributed by atoms with Crippen molar-refractivity contribution in [2.45, 2.75) is 37.8 Å². The molecule has 0 spiro atoms. The van der Waals surface area contributed by atoms with Gasteiger partial charge in [-0.3, -0.25) is 4.79 Å². The van der Waals surface area contributed by atoms with Gasteiger partial charge in [0.1, 0.15) is 0 Å². The first-order valence-electron chi connectivity index (χ1n) is 6.62. The van der Waals surface area contributed by atoms with Crippen LogP contribution >= 0.6 is 0 Å². The molecule has 1 amide bonds. The molecule has 1 aromatic rings. The standard InChI is InChI=1S/C14H17NO4/c16-11-4-2-1-3-10(11)15-14(17)9-5-6-12-13(7-9)19-8-18-12/h5-7,10-11,16H,1-4,8H2,(H,15,17)/t10-,11-/m1/s1. The lowest BCUT2D eigenvalue weighted by Crippen LogP contribution is -2.45. The predicted molar refractivity (Wildman–Crippen MR) is 68.3 cm³/mol.